The predicted molar refractivity (Wildman–Crippen MR) is 254 cm³/mol. The molecule has 430 valence electrons. The van der Waals surface area contributed by atoms with Crippen molar-refractivity contribution in [3.63, 3.8) is 0 Å². The lowest BCUT2D eigenvalue weighted by Crippen LogP contribution is -2.45. The summed E-state index contributed by atoms with van der Waals surface area (Å²) in [7, 11) is -21.3. The predicted octanol–water partition coefficient (Wildman–Crippen LogP) is -3.93. The van der Waals surface area contributed by atoms with Crippen molar-refractivity contribution in [3.8, 4) is 0 Å². The summed E-state index contributed by atoms with van der Waals surface area (Å²) in [6.07, 6.45) is -13.0. The number of hydrogen-bond acceptors (Lipinski definition) is 27. The molecule has 5 aromatic heterocycles. The number of methoxy groups -OCH3 is 1. The lowest BCUT2D eigenvalue weighted by Gasteiger charge is -2.35. The SMILES string of the molecule is CCN(CC)C(=O)C[C@@H]1[C@@H](COP(=O)(O)OP(=O)(O)OP(=O)(O)OC[C@H]2O[C@@H](n3cnc4c(N)ncnc43)[C@H](OC)[C@@H]2P(=O)([O-])OC[C@H]2O[C@@H](n3ccc(=O)[nH]c3=O)[C@H](O)[C@@H]2O)OC([n+]2cn(C)c3c(=O)[nH]c(N)nc32)[C@@H]1O. The number of aryl methyl sites for hydroxylation is 1. The second kappa shape index (κ2) is 22.8. The number of phosphoric acid groups is 3. The third kappa shape index (κ3) is 12.2. The summed E-state index contributed by atoms with van der Waals surface area (Å²) in [5, 5.41) is 33.1. The third-order valence-corrected chi connectivity index (χ3v) is 18.9. The van der Waals surface area contributed by atoms with Crippen molar-refractivity contribution in [2.24, 2.45) is 13.0 Å². The highest BCUT2D eigenvalue weighted by molar-refractivity contribution is 7.66. The zero-order chi connectivity index (χ0) is 57.0. The summed E-state index contributed by atoms with van der Waals surface area (Å²) in [4.78, 5) is 118. The maximum atomic E-state index is 14.2. The molecule has 0 aliphatic carbocycles. The van der Waals surface area contributed by atoms with Crippen LogP contribution in [0.3, 0.4) is 0 Å². The Morgan fingerprint density at radius 3 is 2.13 bits per heavy atom. The lowest BCUT2D eigenvalue weighted by molar-refractivity contribution is -0.745. The number of rotatable bonds is 22. The highest BCUT2D eigenvalue weighted by Gasteiger charge is 2.55. The molecule has 8 heterocycles. The van der Waals surface area contributed by atoms with E-state index < -0.39 is 153 Å². The van der Waals surface area contributed by atoms with Crippen molar-refractivity contribution >= 4 is 71.1 Å². The summed E-state index contributed by atoms with van der Waals surface area (Å²) >= 11 is 0. The number of phosphoric ester groups is 2. The number of ether oxygens (including phenoxy) is 4. The highest BCUT2D eigenvalue weighted by Crippen LogP contribution is 2.68. The zero-order valence-corrected chi connectivity index (χ0v) is 44.6. The Hall–Kier alpha value is -5.07. The van der Waals surface area contributed by atoms with E-state index in [0.29, 0.717) is 0 Å². The first-order valence-electron chi connectivity index (χ1n) is 23.1. The number of nitrogens with two attached hydrogens (primary N) is 2. The molecule has 0 radical (unpaired) electrons. The van der Waals surface area contributed by atoms with Gasteiger partial charge in [-0.05, 0) is 13.8 Å². The molecule has 3 aliphatic rings. The van der Waals surface area contributed by atoms with E-state index in [1.54, 1.807) is 13.8 Å². The Morgan fingerprint density at radius 1 is 0.846 bits per heavy atom. The number of fused-ring (bicyclic) bond motifs is 2. The molecule has 1 amide bonds. The van der Waals surface area contributed by atoms with Gasteiger partial charge in [0, 0.05) is 44.8 Å². The van der Waals surface area contributed by atoms with Crippen molar-refractivity contribution < 1.29 is 104 Å². The average molecular weight is 1190 g/mol. The molecule has 12 N–H and O–H groups in total. The zero-order valence-electron chi connectivity index (χ0n) is 41.1. The lowest BCUT2D eigenvalue weighted by atomic mass is 9.93. The molecule has 8 rings (SSSR count). The van der Waals surface area contributed by atoms with E-state index in [0.717, 1.165) is 41.2 Å². The van der Waals surface area contributed by atoms with Crippen LogP contribution >= 0.6 is 31.1 Å². The minimum Gasteiger partial charge on any atom is -0.778 e. The largest absolute Gasteiger partial charge is 0.778 e. The number of nitrogen functional groups attached to an aromatic ring is 2. The minimum atomic E-state index is -6.27. The Morgan fingerprint density at radius 2 is 1.49 bits per heavy atom. The van der Waals surface area contributed by atoms with Crippen LogP contribution in [0.4, 0.5) is 11.8 Å². The first kappa shape index (κ1) is 59.1. The fraction of sp³-hybridized carbons (Fsp3) is 0.595. The van der Waals surface area contributed by atoms with Gasteiger partial charge >= 0.3 is 34.8 Å². The molecule has 37 nitrogen and oxygen atoms in total. The molecular weight excluding hydrogens is 1130 g/mol. The van der Waals surface area contributed by atoms with Crippen LogP contribution in [-0.4, -0.2) is 173 Å². The standard InChI is InChI=1S/C37H53N13O24P4/c1-5-47(6-2)21(52)9-16-17(70-33(24(16)53)50-15-46(3)23-31(50)44-36(39)45-32(23)56)10-68-76(60,61)73-78(64,65)74-77(62,63)69-12-19-28(27(66-4)35(72-19)49-14-42-22-29(38)40-13-41-30(22)49)75(58,59)67-11-18-25(54)26(55)34(71-18)48-8-7-20(51)43-37(48)57/h7-8,13-19,24-28,33-35,53-55H,5-6,9-12H2,1-4H3,(H9-,38,39,40,41,43,44,45,51,56,57,58,59,60,61,62,63,64,65)/t16-,17-,18-,19-,24-,25-,26-,27-,28-,33?,34-,35-/m1/s1. The van der Waals surface area contributed by atoms with Crippen LogP contribution in [0.15, 0.2) is 45.6 Å². The molecule has 3 saturated heterocycles. The summed E-state index contributed by atoms with van der Waals surface area (Å²) in [5.74, 6) is -2.15. The Labute approximate surface area is 436 Å². The van der Waals surface area contributed by atoms with E-state index in [-0.39, 0.29) is 47.2 Å². The van der Waals surface area contributed by atoms with Crippen LogP contribution in [-0.2, 0) is 71.2 Å². The summed E-state index contributed by atoms with van der Waals surface area (Å²) in [6.45, 7) is 0.402. The number of nitrogens with one attached hydrogen (secondary N) is 2. The third-order valence-electron chi connectivity index (χ3n) is 12.8. The number of aromatic nitrogens is 10. The molecule has 5 unspecified atom stereocenters. The maximum Gasteiger partial charge on any atom is 0.490 e. The monoisotopic (exact) mass is 1190 g/mol. The number of aliphatic hydroxyl groups excluding tert-OH is 3. The van der Waals surface area contributed by atoms with E-state index in [1.807, 2.05) is 4.98 Å². The number of carbonyl (C=O) groups excluding carboxylic acids is 1. The summed E-state index contributed by atoms with van der Waals surface area (Å²) in [5.41, 5.74) is 6.99. The molecule has 0 bridgehead atoms. The van der Waals surface area contributed by atoms with Crippen LogP contribution < -0.4 is 37.7 Å². The van der Waals surface area contributed by atoms with E-state index in [4.69, 9.17) is 44.0 Å². The Bertz CT molecular complexity index is 3430. The van der Waals surface area contributed by atoms with Gasteiger partial charge in [0.25, 0.3) is 17.1 Å². The number of amides is 1. The van der Waals surface area contributed by atoms with Gasteiger partial charge in [0.05, 0.1) is 51.1 Å². The molecule has 16 atom stereocenters. The molecule has 0 saturated carbocycles. The number of imidazole rings is 2. The van der Waals surface area contributed by atoms with E-state index in [9.17, 15) is 72.3 Å². The number of H-pyrrole nitrogens is 2. The van der Waals surface area contributed by atoms with Crippen LogP contribution in [0.2, 0.25) is 0 Å². The molecule has 3 aliphatic heterocycles. The topological polar surface area (TPSA) is 521 Å². The Kier molecular flexibility index (Phi) is 17.3. The number of carbonyl (C=O) groups is 1. The average Bonchev–Trinajstić information content (AvgIpc) is 4.26. The maximum absolute atomic E-state index is 14.2. The molecule has 0 spiro atoms. The highest BCUT2D eigenvalue weighted by atomic mass is 31.3. The quantitative estimate of drug-likeness (QED) is 0.0234. The van der Waals surface area contributed by atoms with Gasteiger partial charge in [0.15, 0.2) is 30.2 Å². The molecule has 78 heavy (non-hydrogen) atoms. The van der Waals surface area contributed by atoms with Gasteiger partial charge in [-0.3, -0.25) is 47.1 Å². The second-order valence-corrected chi connectivity index (χ2v) is 24.2. The number of hydrogen-bond donors (Lipinski definition) is 10. The molecular formula is C37H53N13O24P4. The van der Waals surface area contributed by atoms with Gasteiger partial charge in [-0.1, -0.05) is 4.98 Å². The van der Waals surface area contributed by atoms with Crippen LogP contribution in [0.1, 0.15) is 39.0 Å². The van der Waals surface area contributed by atoms with Crippen LogP contribution in [0, 0.1) is 5.92 Å². The van der Waals surface area contributed by atoms with E-state index >= 15 is 0 Å². The van der Waals surface area contributed by atoms with Crippen LogP contribution in [0.25, 0.3) is 22.3 Å². The summed E-state index contributed by atoms with van der Waals surface area (Å²) < 4.78 is 105. The van der Waals surface area contributed by atoms with Crippen molar-refractivity contribution in [3.05, 3.63) is 62.4 Å². The molecule has 0 aromatic carbocycles. The fourth-order valence-electron chi connectivity index (χ4n) is 9.22. The first-order chi connectivity index (χ1) is 36.6. The normalized spacial score (nSPS) is 29.6. The van der Waals surface area contributed by atoms with Crippen molar-refractivity contribution in [2.45, 2.75) is 87.3 Å². The van der Waals surface area contributed by atoms with Gasteiger partial charge in [-0.2, -0.15) is 8.62 Å². The number of aromatic amines is 2. The van der Waals surface area contributed by atoms with E-state index in [2.05, 4.69) is 33.5 Å². The number of aliphatic hydroxyl groups is 3. The van der Waals surface area contributed by atoms with Crippen molar-refractivity contribution in [1.29, 1.82) is 0 Å². The second-order valence-electron chi connectivity index (χ2n) is 17.6. The van der Waals surface area contributed by atoms with Crippen molar-refractivity contribution in [1.82, 2.24) is 48.5 Å². The fourth-order valence-corrected chi connectivity index (χ4v) is 14.5. The molecule has 41 heteroatoms. The van der Waals surface area contributed by atoms with Gasteiger partial charge in [-0.15, -0.1) is 0 Å². The van der Waals surface area contributed by atoms with E-state index in [1.165, 1.54) is 27.4 Å². The molecule has 3 fully saturated rings. The van der Waals surface area contributed by atoms with Gasteiger partial charge in [-0.25, -0.2) is 38.0 Å². The van der Waals surface area contributed by atoms with Crippen molar-refractivity contribution in [2.75, 3.05) is 51.5 Å². The van der Waals surface area contributed by atoms with Gasteiger partial charge in [0.2, 0.25) is 17.7 Å². The minimum absolute atomic E-state index is 0.00844. The number of anilines is 2. The number of nitrogens with zero attached hydrogens (tertiary/aromatic N) is 9. The smallest absolute Gasteiger partial charge is 0.490 e. The molecule has 5 aromatic rings. The van der Waals surface area contributed by atoms with Gasteiger partial charge in [0.1, 0.15) is 50.0 Å². The van der Waals surface area contributed by atoms with Gasteiger partial charge < -0.3 is 79.3 Å². The first-order valence-corrected chi connectivity index (χ1v) is 29.2. The summed E-state index contributed by atoms with van der Waals surface area (Å²) in [6, 6.07) is 0.913. The van der Waals surface area contributed by atoms with Crippen LogP contribution in [0.5, 0.6) is 0 Å². The Balaban J connectivity index is 0.973.